The molecule has 2 aliphatic rings. The van der Waals surface area contributed by atoms with Crippen molar-refractivity contribution in [3.8, 4) is 0 Å². The zero-order valence-corrected chi connectivity index (χ0v) is 12.5. The number of hydrogen-bond acceptors (Lipinski definition) is 2. The fraction of sp³-hybridized carbons (Fsp3) is 1.00. The van der Waals surface area contributed by atoms with E-state index >= 15 is 0 Å². The summed E-state index contributed by atoms with van der Waals surface area (Å²) in [4.78, 5) is 2.57. The van der Waals surface area contributed by atoms with Crippen LogP contribution >= 0.6 is 0 Å². The first-order valence-electron chi connectivity index (χ1n) is 8.25. The molecule has 1 N–H and O–H groups in total. The standard InChI is InChI=1S/C16H32N2/c1-3-14-8-4-5-10-16(14)17-12-11-15-9-6-7-13-18(15)2/h14-17H,3-13H2,1-2H3. The van der Waals surface area contributed by atoms with E-state index in [4.69, 9.17) is 0 Å². The van der Waals surface area contributed by atoms with Crippen LogP contribution in [0.3, 0.4) is 0 Å². The molecule has 2 nitrogen and oxygen atoms in total. The molecule has 3 atom stereocenters. The molecule has 0 aromatic rings. The van der Waals surface area contributed by atoms with Gasteiger partial charge in [-0.05, 0) is 58.2 Å². The average molecular weight is 252 g/mol. The van der Waals surface area contributed by atoms with Crippen LogP contribution in [0, 0.1) is 5.92 Å². The van der Waals surface area contributed by atoms with Gasteiger partial charge in [0, 0.05) is 12.1 Å². The summed E-state index contributed by atoms with van der Waals surface area (Å²) >= 11 is 0. The van der Waals surface area contributed by atoms with E-state index in [1.807, 2.05) is 0 Å². The van der Waals surface area contributed by atoms with Gasteiger partial charge in [0.05, 0.1) is 0 Å². The molecule has 3 unspecified atom stereocenters. The van der Waals surface area contributed by atoms with Crippen molar-refractivity contribution in [2.24, 2.45) is 5.92 Å². The highest BCUT2D eigenvalue weighted by Gasteiger charge is 2.24. The Hall–Kier alpha value is -0.0800. The number of rotatable bonds is 5. The molecule has 1 saturated carbocycles. The van der Waals surface area contributed by atoms with Gasteiger partial charge in [-0.2, -0.15) is 0 Å². The number of piperidine rings is 1. The van der Waals surface area contributed by atoms with Crippen molar-refractivity contribution in [3.63, 3.8) is 0 Å². The molecular weight excluding hydrogens is 220 g/mol. The Kier molecular flexibility index (Phi) is 5.97. The average Bonchev–Trinajstić information content (AvgIpc) is 2.41. The molecule has 0 bridgehead atoms. The molecule has 0 aromatic carbocycles. The van der Waals surface area contributed by atoms with Crippen LogP contribution in [-0.4, -0.2) is 37.1 Å². The fourth-order valence-electron chi connectivity index (χ4n) is 3.91. The second-order valence-corrected chi connectivity index (χ2v) is 6.43. The van der Waals surface area contributed by atoms with E-state index in [0.29, 0.717) is 0 Å². The van der Waals surface area contributed by atoms with Crippen molar-refractivity contribution in [2.45, 2.75) is 76.8 Å². The third-order valence-corrected chi connectivity index (χ3v) is 5.24. The normalized spacial score (nSPS) is 34.7. The highest BCUT2D eigenvalue weighted by atomic mass is 15.1. The molecule has 2 fully saturated rings. The van der Waals surface area contributed by atoms with E-state index in [1.54, 1.807) is 0 Å². The molecule has 18 heavy (non-hydrogen) atoms. The minimum Gasteiger partial charge on any atom is -0.314 e. The molecule has 2 rings (SSSR count). The fourth-order valence-corrected chi connectivity index (χ4v) is 3.91. The summed E-state index contributed by atoms with van der Waals surface area (Å²) in [6.45, 7) is 4.90. The summed E-state index contributed by atoms with van der Waals surface area (Å²) < 4.78 is 0. The van der Waals surface area contributed by atoms with Crippen molar-refractivity contribution < 1.29 is 0 Å². The zero-order valence-electron chi connectivity index (χ0n) is 12.5. The lowest BCUT2D eigenvalue weighted by atomic mass is 9.83. The van der Waals surface area contributed by atoms with Gasteiger partial charge in [0.2, 0.25) is 0 Å². The number of hydrogen-bond donors (Lipinski definition) is 1. The number of nitrogens with one attached hydrogen (secondary N) is 1. The van der Waals surface area contributed by atoms with Crippen LogP contribution in [0.15, 0.2) is 0 Å². The minimum atomic E-state index is 0.817. The van der Waals surface area contributed by atoms with Gasteiger partial charge in [-0.25, -0.2) is 0 Å². The van der Waals surface area contributed by atoms with E-state index in [2.05, 4.69) is 24.2 Å². The molecule has 0 aromatic heterocycles. The predicted molar refractivity (Wildman–Crippen MR) is 78.9 cm³/mol. The van der Waals surface area contributed by atoms with Gasteiger partial charge >= 0.3 is 0 Å². The Morgan fingerprint density at radius 2 is 1.83 bits per heavy atom. The maximum atomic E-state index is 3.86. The van der Waals surface area contributed by atoms with Gasteiger partial charge in [0.25, 0.3) is 0 Å². The Labute approximate surface area is 114 Å². The van der Waals surface area contributed by atoms with Gasteiger partial charge in [-0.1, -0.05) is 32.6 Å². The van der Waals surface area contributed by atoms with E-state index in [9.17, 15) is 0 Å². The van der Waals surface area contributed by atoms with E-state index in [0.717, 1.165) is 18.0 Å². The molecular formula is C16H32N2. The molecule has 106 valence electrons. The first kappa shape index (κ1) is 14.3. The first-order valence-corrected chi connectivity index (χ1v) is 8.25. The monoisotopic (exact) mass is 252 g/mol. The van der Waals surface area contributed by atoms with Crippen molar-refractivity contribution in [1.29, 1.82) is 0 Å². The van der Waals surface area contributed by atoms with Crippen LogP contribution in [0.25, 0.3) is 0 Å². The molecule has 0 amide bonds. The first-order chi connectivity index (χ1) is 8.81. The highest BCUT2D eigenvalue weighted by molar-refractivity contribution is 4.81. The van der Waals surface area contributed by atoms with Gasteiger partial charge in [0.15, 0.2) is 0 Å². The summed E-state index contributed by atoms with van der Waals surface area (Å²) in [7, 11) is 2.30. The van der Waals surface area contributed by atoms with Crippen molar-refractivity contribution in [3.05, 3.63) is 0 Å². The Balaban J connectivity index is 1.67. The molecule has 0 spiro atoms. The third-order valence-electron chi connectivity index (χ3n) is 5.24. The maximum Gasteiger partial charge on any atom is 0.0104 e. The lowest BCUT2D eigenvalue weighted by Gasteiger charge is -2.35. The molecule has 1 aliphatic carbocycles. The van der Waals surface area contributed by atoms with Crippen LogP contribution in [0.4, 0.5) is 0 Å². The van der Waals surface area contributed by atoms with Gasteiger partial charge in [-0.3, -0.25) is 0 Å². The van der Waals surface area contributed by atoms with E-state index in [1.165, 1.54) is 70.9 Å². The van der Waals surface area contributed by atoms with Crippen LogP contribution in [0.5, 0.6) is 0 Å². The maximum absolute atomic E-state index is 3.86. The summed E-state index contributed by atoms with van der Waals surface area (Å²) in [6.07, 6.45) is 12.7. The highest BCUT2D eigenvalue weighted by Crippen LogP contribution is 2.27. The lowest BCUT2D eigenvalue weighted by molar-refractivity contribution is 0.169. The minimum absolute atomic E-state index is 0.817. The molecule has 0 radical (unpaired) electrons. The number of nitrogens with zero attached hydrogens (tertiary/aromatic N) is 1. The Morgan fingerprint density at radius 1 is 1.06 bits per heavy atom. The lowest BCUT2D eigenvalue weighted by Crippen LogP contribution is -2.42. The van der Waals surface area contributed by atoms with E-state index < -0.39 is 0 Å². The smallest absolute Gasteiger partial charge is 0.0104 e. The van der Waals surface area contributed by atoms with Crippen molar-refractivity contribution in [2.75, 3.05) is 20.1 Å². The van der Waals surface area contributed by atoms with Gasteiger partial charge in [-0.15, -0.1) is 0 Å². The molecule has 1 heterocycles. The Morgan fingerprint density at radius 3 is 2.61 bits per heavy atom. The van der Waals surface area contributed by atoms with E-state index in [-0.39, 0.29) is 0 Å². The van der Waals surface area contributed by atoms with Crippen LogP contribution < -0.4 is 5.32 Å². The van der Waals surface area contributed by atoms with Crippen LogP contribution in [0.1, 0.15) is 64.7 Å². The van der Waals surface area contributed by atoms with Gasteiger partial charge in [0.1, 0.15) is 0 Å². The van der Waals surface area contributed by atoms with Gasteiger partial charge < -0.3 is 10.2 Å². The van der Waals surface area contributed by atoms with Crippen LogP contribution in [-0.2, 0) is 0 Å². The Bertz CT molecular complexity index is 229. The SMILES string of the molecule is CCC1CCCCC1NCCC1CCCCN1C. The third kappa shape index (κ3) is 3.96. The quantitative estimate of drug-likeness (QED) is 0.806. The second-order valence-electron chi connectivity index (χ2n) is 6.43. The summed E-state index contributed by atoms with van der Waals surface area (Å²) in [5, 5.41) is 3.86. The molecule has 1 saturated heterocycles. The van der Waals surface area contributed by atoms with Crippen molar-refractivity contribution >= 4 is 0 Å². The predicted octanol–water partition coefficient (Wildman–Crippen LogP) is 3.42. The second kappa shape index (κ2) is 7.49. The molecule has 2 heteroatoms. The van der Waals surface area contributed by atoms with Crippen molar-refractivity contribution in [1.82, 2.24) is 10.2 Å². The summed E-state index contributed by atoms with van der Waals surface area (Å²) in [6, 6.07) is 1.66. The summed E-state index contributed by atoms with van der Waals surface area (Å²) in [5.41, 5.74) is 0. The zero-order chi connectivity index (χ0) is 12.8. The van der Waals surface area contributed by atoms with Crippen LogP contribution in [0.2, 0.25) is 0 Å². The topological polar surface area (TPSA) is 15.3 Å². The summed E-state index contributed by atoms with van der Waals surface area (Å²) in [5.74, 6) is 0.947. The molecule has 1 aliphatic heterocycles. The largest absolute Gasteiger partial charge is 0.314 e. The number of likely N-dealkylation sites (tertiary alicyclic amines) is 1.